The molecule has 8 bridgehead atoms. The number of nitrogens with zero attached hydrogens (tertiary/aromatic N) is 3. The molecule has 4 atom stereocenters. The molecule has 0 saturated carbocycles. The molecule has 6 aliphatic rings. The van der Waals surface area contributed by atoms with Crippen LogP contribution in [-0.4, -0.2) is 61.1 Å². The van der Waals surface area contributed by atoms with Crippen molar-refractivity contribution in [1.82, 2.24) is 5.32 Å². The Morgan fingerprint density at radius 2 is 1.62 bits per heavy atom. The molecule has 282 valence electrons. The Morgan fingerprint density at radius 3 is 2.32 bits per heavy atom. The lowest BCUT2D eigenvalue weighted by Gasteiger charge is -2.20. The number of carbonyl (C=O) groups is 2. The Hall–Kier alpha value is -4.57. The van der Waals surface area contributed by atoms with E-state index in [9.17, 15) is 14.7 Å². The van der Waals surface area contributed by atoms with E-state index in [0.29, 0.717) is 35.6 Å². The molecule has 53 heavy (non-hydrogen) atoms. The maximum atomic E-state index is 13.5. The molecule has 2 N–H and O–H groups in total. The molecule has 1 saturated heterocycles. The predicted molar refractivity (Wildman–Crippen MR) is 208 cm³/mol. The van der Waals surface area contributed by atoms with Crippen LogP contribution in [0.2, 0.25) is 0 Å². The summed E-state index contributed by atoms with van der Waals surface area (Å²) in [5.41, 5.74) is 12.3. The van der Waals surface area contributed by atoms with Gasteiger partial charge in [-0.25, -0.2) is 15.0 Å². The third kappa shape index (κ3) is 6.98. The molecule has 5 aliphatic heterocycles. The van der Waals surface area contributed by atoms with Crippen molar-refractivity contribution in [2.45, 2.75) is 106 Å². The minimum Gasteiger partial charge on any atom is -0.510 e. The van der Waals surface area contributed by atoms with Crippen molar-refractivity contribution in [3.05, 3.63) is 91.5 Å². The molecule has 0 aromatic rings. The Balaban J connectivity index is 1.55. The molecule has 5 heterocycles. The molecule has 10 nitrogen and oxygen atoms in total. The second-order valence-corrected chi connectivity index (χ2v) is 14.7. The van der Waals surface area contributed by atoms with Crippen LogP contribution in [0.1, 0.15) is 99.8 Å². The molecule has 10 heteroatoms. The number of nitrogens with one attached hydrogen (secondary N) is 1. The number of aliphatic hydroxyl groups excluding tert-OH is 1. The van der Waals surface area contributed by atoms with Crippen LogP contribution in [-0.2, 0) is 23.8 Å². The van der Waals surface area contributed by atoms with E-state index in [1.807, 2.05) is 13.0 Å². The van der Waals surface area contributed by atoms with E-state index in [1.54, 1.807) is 0 Å². The van der Waals surface area contributed by atoms with Crippen molar-refractivity contribution < 1.29 is 28.9 Å². The van der Waals surface area contributed by atoms with Gasteiger partial charge >= 0.3 is 11.9 Å². The van der Waals surface area contributed by atoms with Crippen LogP contribution >= 0.6 is 0 Å². The van der Waals surface area contributed by atoms with Crippen LogP contribution < -0.4 is 5.32 Å². The summed E-state index contributed by atoms with van der Waals surface area (Å²) in [6.07, 6.45) is 13.2. The average molecular weight is 723 g/mol. The minimum absolute atomic E-state index is 0.0859. The first kappa shape index (κ1) is 38.2. The first-order chi connectivity index (χ1) is 25.4. The fraction of sp³-hybridized carbons (Fsp3) is 0.512. The van der Waals surface area contributed by atoms with Gasteiger partial charge in [-0.1, -0.05) is 46.5 Å². The van der Waals surface area contributed by atoms with Gasteiger partial charge in [-0.05, 0) is 87.5 Å². The highest BCUT2D eigenvalue weighted by Gasteiger charge is 2.49. The fourth-order valence-electron chi connectivity index (χ4n) is 8.45. The Bertz CT molecular complexity index is 1960. The van der Waals surface area contributed by atoms with Crippen molar-refractivity contribution >= 4 is 29.1 Å². The zero-order valence-electron chi connectivity index (χ0n) is 32.7. The second-order valence-electron chi connectivity index (χ2n) is 14.7. The van der Waals surface area contributed by atoms with Crippen molar-refractivity contribution in [2.75, 3.05) is 20.8 Å². The monoisotopic (exact) mass is 722 g/mol. The number of aliphatic hydroxyl groups is 1. The summed E-state index contributed by atoms with van der Waals surface area (Å²) in [7, 11) is 2.71. The van der Waals surface area contributed by atoms with E-state index >= 15 is 0 Å². The number of allylic oxidation sites excluding steroid dienone is 10. The van der Waals surface area contributed by atoms with Gasteiger partial charge in [0, 0.05) is 53.0 Å². The molecule has 0 amide bonds. The van der Waals surface area contributed by atoms with Gasteiger partial charge in [0.2, 0.25) is 0 Å². The highest BCUT2D eigenvalue weighted by atomic mass is 16.5. The average Bonchev–Trinajstić information content (AvgIpc) is 3.89. The molecule has 0 aromatic heterocycles. The summed E-state index contributed by atoms with van der Waals surface area (Å²) < 4.78 is 16.8. The van der Waals surface area contributed by atoms with Crippen LogP contribution in [0, 0.1) is 17.8 Å². The Labute approximate surface area is 313 Å². The number of methoxy groups -OCH3 is 2. The predicted octanol–water partition coefficient (Wildman–Crippen LogP) is 8.39. The number of hydrogen-bond acceptors (Lipinski definition) is 10. The summed E-state index contributed by atoms with van der Waals surface area (Å²) in [5, 5.41) is 15.4. The van der Waals surface area contributed by atoms with Gasteiger partial charge in [0.1, 0.15) is 11.7 Å². The van der Waals surface area contributed by atoms with Crippen molar-refractivity contribution in [2.24, 2.45) is 32.7 Å². The van der Waals surface area contributed by atoms with E-state index in [4.69, 9.17) is 29.2 Å². The normalized spacial score (nSPS) is 24.0. The summed E-state index contributed by atoms with van der Waals surface area (Å²) in [6.45, 7) is 15.3. The summed E-state index contributed by atoms with van der Waals surface area (Å²) in [4.78, 5) is 41.5. The van der Waals surface area contributed by atoms with Gasteiger partial charge in [0.05, 0.1) is 54.5 Å². The smallest absolute Gasteiger partial charge is 0.321 e. The molecule has 6 rings (SSSR count). The molecule has 1 aliphatic carbocycles. The van der Waals surface area contributed by atoms with Crippen molar-refractivity contribution in [1.29, 1.82) is 0 Å². The SMILES string of the molecule is CCCCCCCO[C@@H](C)C1=C(C)C2=NC1=CC1=NC(=CC3=C(C)C4=C(O)C(C(=O)OC)C(=C5NC(=C2)[C@@H](C)[C@@H]5CCC(=O)OC)C4=N3)C(CC)=C1C. The Morgan fingerprint density at radius 1 is 0.906 bits per heavy atom. The van der Waals surface area contributed by atoms with Gasteiger partial charge in [-0.15, -0.1) is 0 Å². The quantitative estimate of drug-likeness (QED) is 0.144. The number of rotatable bonds is 13. The second kappa shape index (κ2) is 15.8. The molecular weight excluding hydrogens is 668 g/mol. The number of esters is 2. The van der Waals surface area contributed by atoms with Crippen LogP contribution in [0.25, 0.3) is 0 Å². The largest absolute Gasteiger partial charge is 0.510 e. The van der Waals surface area contributed by atoms with E-state index in [2.05, 4.69) is 59.0 Å². The van der Waals surface area contributed by atoms with Crippen LogP contribution in [0.15, 0.2) is 106 Å². The third-order valence-corrected chi connectivity index (χ3v) is 11.6. The first-order valence-electron chi connectivity index (χ1n) is 19.2. The lowest BCUT2D eigenvalue weighted by Crippen LogP contribution is -2.25. The highest BCUT2D eigenvalue weighted by Crippen LogP contribution is 2.49. The van der Waals surface area contributed by atoms with Gasteiger partial charge in [0.15, 0.2) is 0 Å². The summed E-state index contributed by atoms with van der Waals surface area (Å²) in [5.74, 6) is -2.36. The molecule has 0 radical (unpaired) electrons. The van der Waals surface area contributed by atoms with E-state index in [0.717, 1.165) is 81.3 Å². The molecule has 0 spiro atoms. The van der Waals surface area contributed by atoms with Crippen LogP contribution in [0.4, 0.5) is 0 Å². The standard InChI is InChI=1S/C43H54N4O6/c1-10-12-13-14-15-18-53-26(7)36-24(5)31-19-30-23(4)28(16-17-35(48)51-8)40(46-30)38-39(43(50)52-9)42(49)37-25(6)32(47-41(37)38)20-33-27(11-2)22(3)29(44-33)21-34(36)45-31/h19-21,23,26,28,39,46,49H,10-18H2,1-9H3/t23-,26-,28-,39?/m0/s1. The topological polar surface area (TPSA) is 131 Å². The first-order valence-corrected chi connectivity index (χ1v) is 19.2. The number of fused-ring (bicyclic) bond motifs is 5. The number of aliphatic imine (C=N–C) groups is 3. The zero-order chi connectivity index (χ0) is 38.1. The van der Waals surface area contributed by atoms with E-state index in [-0.39, 0.29) is 36.1 Å². The number of carbonyl (C=O) groups excluding carboxylic acids is 2. The van der Waals surface area contributed by atoms with Gasteiger partial charge < -0.3 is 24.6 Å². The number of ether oxygens (including phenoxy) is 3. The fourth-order valence-corrected chi connectivity index (χ4v) is 8.45. The van der Waals surface area contributed by atoms with Crippen molar-refractivity contribution in [3.8, 4) is 0 Å². The maximum absolute atomic E-state index is 13.5. The third-order valence-electron chi connectivity index (χ3n) is 11.6. The number of hydrogen-bond donors (Lipinski definition) is 2. The maximum Gasteiger partial charge on any atom is 0.321 e. The summed E-state index contributed by atoms with van der Waals surface area (Å²) in [6, 6.07) is 0. The van der Waals surface area contributed by atoms with Gasteiger partial charge in [-0.2, -0.15) is 0 Å². The minimum atomic E-state index is -1.07. The number of unbranched alkanes of at least 4 members (excludes halogenated alkanes) is 4. The summed E-state index contributed by atoms with van der Waals surface area (Å²) >= 11 is 0. The van der Waals surface area contributed by atoms with E-state index < -0.39 is 11.9 Å². The van der Waals surface area contributed by atoms with Gasteiger partial charge in [0.25, 0.3) is 0 Å². The molecule has 0 aromatic carbocycles. The highest BCUT2D eigenvalue weighted by molar-refractivity contribution is 6.24. The molecule has 1 unspecified atom stereocenters. The van der Waals surface area contributed by atoms with Gasteiger partial charge in [-0.3, -0.25) is 9.59 Å². The lowest BCUT2D eigenvalue weighted by molar-refractivity contribution is -0.143. The van der Waals surface area contributed by atoms with Crippen LogP contribution in [0.5, 0.6) is 0 Å². The van der Waals surface area contributed by atoms with E-state index in [1.165, 1.54) is 33.5 Å². The molecular formula is C43H54N4O6. The van der Waals surface area contributed by atoms with Crippen LogP contribution in [0.3, 0.4) is 0 Å². The Kier molecular flexibility index (Phi) is 11.4. The zero-order valence-corrected chi connectivity index (χ0v) is 32.7. The lowest BCUT2D eigenvalue weighted by atomic mass is 9.84. The molecule has 1 fully saturated rings. The van der Waals surface area contributed by atoms with Crippen molar-refractivity contribution in [3.63, 3.8) is 0 Å².